The van der Waals surface area contributed by atoms with E-state index in [1.165, 1.54) is 48.7 Å². The number of benzene rings is 1. The van der Waals surface area contributed by atoms with Crippen LogP contribution in [0, 0.1) is 0 Å². The van der Waals surface area contributed by atoms with Gasteiger partial charge < -0.3 is 9.47 Å². The van der Waals surface area contributed by atoms with Crippen LogP contribution in [0.4, 0.5) is 0 Å². The number of carbonyl (C=O) groups is 1. The van der Waals surface area contributed by atoms with Crippen molar-refractivity contribution in [2.45, 2.75) is 64.2 Å². The topological polar surface area (TPSA) is 31.7 Å². The molecular weight excluding hydrogens is 360 g/mol. The monoisotopic (exact) mass is 394 g/mol. The van der Waals surface area contributed by atoms with Gasteiger partial charge in [-0.3, -0.25) is 14.6 Å². The molecule has 3 aliphatic rings. The average Bonchev–Trinajstić information content (AvgIpc) is 3.16. The zero-order valence-corrected chi connectivity index (χ0v) is 17.7. The van der Waals surface area contributed by atoms with Crippen molar-refractivity contribution in [3.05, 3.63) is 36.0 Å². The Balaban J connectivity index is 1.20. The van der Waals surface area contributed by atoms with Crippen LogP contribution in [0.25, 0.3) is 10.9 Å². The molecule has 2 aliphatic heterocycles. The minimum absolute atomic E-state index is 0.0144. The van der Waals surface area contributed by atoms with Gasteiger partial charge in [0.25, 0.3) is 0 Å². The van der Waals surface area contributed by atoms with Crippen LogP contribution in [0.2, 0.25) is 0 Å². The number of hydrogen-bond donors (Lipinski definition) is 0. The summed E-state index contributed by atoms with van der Waals surface area (Å²) in [6, 6.07) is 11.6. The summed E-state index contributed by atoms with van der Waals surface area (Å²) in [5.41, 5.74) is 2.56. The maximum atomic E-state index is 13.3. The van der Waals surface area contributed by atoms with E-state index in [2.05, 4.69) is 56.5 Å². The Bertz CT molecular complexity index is 861. The van der Waals surface area contributed by atoms with Crippen molar-refractivity contribution in [3.63, 3.8) is 0 Å². The fourth-order valence-electron chi connectivity index (χ4n) is 5.70. The Morgan fingerprint density at radius 2 is 1.72 bits per heavy atom. The number of rotatable bonds is 3. The van der Waals surface area contributed by atoms with Gasteiger partial charge in [0, 0.05) is 56.5 Å². The van der Waals surface area contributed by atoms with Crippen molar-refractivity contribution in [2.24, 2.45) is 0 Å². The fraction of sp³-hybridized carbons (Fsp3) is 0.625. The SMILES string of the molecule is CC(C(=O)N1CCn2c(cc3ccccc32)C1)N1CCN(C2CCCCC2)CC1. The smallest absolute Gasteiger partial charge is 0.240 e. The molecular formula is C24H34N4O. The van der Waals surface area contributed by atoms with Crippen molar-refractivity contribution >= 4 is 16.8 Å². The zero-order valence-electron chi connectivity index (χ0n) is 17.7. The molecule has 2 fully saturated rings. The molecule has 1 saturated heterocycles. The van der Waals surface area contributed by atoms with Crippen LogP contribution in [-0.2, 0) is 17.9 Å². The van der Waals surface area contributed by atoms with Crippen molar-refractivity contribution in [3.8, 4) is 0 Å². The summed E-state index contributed by atoms with van der Waals surface area (Å²) in [4.78, 5) is 20.4. The second-order valence-electron chi connectivity index (χ2n) is 9.15. The zero-order chi connectivity index (χ0) is 19.8. The van der Waals surface area contributed by atoms with Gasteiger partial charge in [0.15, 0.2) is 0 Å². The number of nitrogens with zero attached hydrogens (tertiary/aromatic N) is 4. The Hall–Kier alpha value is -1.85. The predicted molar refractivity (Wildman–Crippen MR) is 117 cm³/mol. The van der Waals surface area contributed by atoms with Crippen LogP contribution in [0.5, 0.6) is 0 Å². The summed E-state index contributed by atoms with van der Waals surface area (Å²) in [5.74, 6) is 0.299. The van der Waals surface area contributed by atoms with Crippen molar-refractivity contribution in [1.29, 1.82) is 0 Å². The Labute approximate surface area is 174 Å². The first-order valence-corrected chi connectivity index (χ1v) is 11.5. The molecule has 1 aromatic carbocycles. The molecule has 1 unspecified atom stereocenters. The standard InChI is InChI=1S/C24H34N4O/c1-19(25-11-13-26(14-12-25)21-8-3-2-4-9-21)24(29)27-15-16-28-22(18-27)17-20-7-5-6-10-23(20)28/h5-7,10,17,19,21H,2-4,8-9,11-16,18H2,1H3. The predicted octanol–water partition coefficient (Wildman–Crippen LogP) is 3.32. The van der Waals surface area contributed by atoms with E-state index in [0.717, 1.165) is 51.9 Å². The number of aromatic nitrogens is 1. The summed E-state index contributed by atoms with van der Waals surface area (Å²) >= 11 is 0. The molecule has 156 valence electrons. The highest BCUT2D eigenvalue weighted by Crippen LogP contribution is 2.26. The van der Waals surface area contributed by atoms with Crippen LogP contribution < -0.4 is 0 Å². The molecule has 5 heteroatoms. The van der Waals surface area contributed by atoms with Crippen molar-refractivity contribution in [1.82, 2.24) is 19.3 Å². The summed E-state index contributed by atoms with van der Waals surface area (Å²) in [6.07, 6.45) is 6.94. The number of carbonyl (C=O) groups excluding carboxylic acids is 1. The lowest BCUT2D eigenvalue weighted by Crippen LogP contribution is -2.56. The first-order valence-electron chi connectivity index (χ1n) is 11.5. The van der Waals surface area contributed by atoms with Crippen molar-refractivity contribution < 1.29 is 4.79 Å². The largest absolute Gasteiger partial charge is 0.341 e. The van der Waals surface area contributed by atoms with Gasteiger partial charge in [-0.05, 0) is 37.3 Å². The molecule has 1 aliphatic carbocycles. The van der Waals surface area contributed by atoms with E-state index in [-0.39, 0.29) is 6.04 Å². The van der Waals surface area contributed by atoms with Crippen LogP contribution >= 0.6 is 0 Å². The first kappa shape index (κ1) is 19.1. The molecule has 0 bridgehead atoms. The molecule has 29 heavy (non-hydrogen) atoms. The number of fused-ring (bicyclic) bond motifs is 3. The molecule has 1 atom stereocenters. The highest BCUT2D eigenvalue weighted by atomic mass is 16.2. The number of hydrogen-bond acceptors (Lipinski definition) is 3. The van der Waals surface area contributed by atoms with Crippen LogP contribution in [0.3, 0.4) is 0 Å². The first-order chi connectivity index (χ1) is 14.2. The maximum Gasteiger partial charge on any atom is 0.240 e. The van der Waals surface area contributed by atoms with E-state index in [4.69, 9.17) is 0 Å². The number of amides is 1. The van der Waals surface area contributed by atoms with Gasteiger partial charge in [-0.15, -0.1) is 0 Å². The van der Waals surface area contributed by atoms with E-state index >= 15 is 0 Å². The molecule has 3 heterocycles. The van der Waals surface area contributed by atoms with Gasteiger partial charge in [-0.2, -0.15) is 0 Å². The second kappa shape index (κ2) is 8.11. The van der Waals surface area contributed by atoms with Crippen LogP contribution in [0.1, 0.15) is 44.7 Å². The molecule has 1 amide bonds. The van der Waals surface area contributed by atoms with E-state index in [9.17, 15) is 4.79 Å². The quantitative estimate of drug-likeness (QED) is 0.800. The highest BCUT2D eigenvalue weighted by molar-refractivity contribution is 5.84. The molecule has 2 aromatic rings. The molecule has 1 aromatic heterocycles. The average molecular weight is 395 g/mol. The minimum Gasteiger partial charge on any atom is -0.341 e. The summed E-state index contributed by atoms with van der Waals surface area (Å²) in [5, 5.41) is 1.28. The molecule has 0 radical (unpaired) electrons. The summed E-state index contributed by atoms with van der Waals surface area (Å²) < 4.78 is 2.38. The number of piperazine rings is 1. The Morgan fingerprint density at radius 1 is 0.966 bits per heavy atom. The lowest BCUT2D eigenvalue weighted by Gasteiger charge is -2.43. The molecule has 1 saturated carbocycles. The van der Waals surface area contributed by atoms with E-state index < -0.39 is 0 Å². The molecule has 0 spiro atoms. The Morgan fingerprint density at radius 3 is 2.52 bits per heavy atom. The molecule has 0 N–H and O–H groups in total. The van der Waals surface area contributed by atoms with Gasteiger partial charge in [0.2, 0.25) is 5.91 Å². The van der Waals surface area contributed by atoms with E-state index in [1.807, 2.05) is 0 Å². The lowest BCUT2D eigenvalue weighted by atomic mass is 9.93. The Kier molecular flexibility index (Phi) is 5.35. The van der Waals surface area contributed by atoms with E-state index in [1.54, 1.807) is 0 Å². The molecule has 5 rings (SSSR count). The third-order valence-electron chi connectivity index (χ3n) is 7.50. The van der Waals surface area contributed by atoms with E-state index in [0.29, 0.717) is 5.91 Å². The maximum absolute atomic E-state index is 13.3. The minimum atomic E-state index is -0.0144. The fourth-order valence-corrected chi connectivity index (χ4v) is 5.70. The lowest BCUT2D eigenvalue weighted by molar-refractivity contribution is -0.138. The summed E-state index contributed by atoms with van der Waals surface area (Å²) in [6.45, 7) is 8.86. The van der Waals surface area contributed by atoms with Gasteiger partial charge >= 0.3 is 0 Å². The van der Waals surface area contributed by atoms with Gasteiger partial charge in [0.1, 0.15) is 0 Å². The normalized spacial score (nSPS) is 23.3. The van der Waals surface area contributed by atoms with Gasteiger partial charge in [-0.1, -0.05) is 37.5 Å². The second-order valence-corrected chi connectivity index (χ2v) is 9.15. The summed E-state index contributed by atoms with van der Waals surface area (Å²) in [7, 11) is 0. The van der Waals surface area contributed by atoms with Gasteiger partial charge in [0.05, 0.1) is 12.6 Å². The molecule has 5 nitrogen and oxygen atoms in total. The third-order valence-corrected chi connectivity index (χ3v) is 7.50. The van der Waals surface area contributed by atoms with Crippen molar-refractivity contribution in [2.75, 3.05) is 32.7 Å². The van der Waals surface area contributed by atoms with Crippen LogP contribution in [-0.4, -0.2) is 70.0 Å². The van der Waals surface area contributed by atoms with Crippen LogP contribution in [0.15, 0.2) is 30.3 Å². The highest BCUT2D eigenvalue weighted by Gasteiger charge is 2.32. The van der Waals surface area contributed by atoms with Gasteiger partial charge in [-0.25, -0.2) is 0 Å². The number of para-hydroxylation sites is 1. The third kappa shape index (κ3) is 3.71.